The molecule has 0 aromatic carbocycles. The number of nitrogens with one attached hydrogen (secondary N) is 1. The highest BCUT2D eigenvalue weighted by Crippen LogP contribution is 2.09. The smallest absolute Gasteiger partial charge is 0.129 e. The highest BCUT2D eigenvalue weighted by molar-refractivity contribution is 7.71. The van der Waals surface area contributed by atoms with Gasteiger partial charge in [-0.2, -0.15) is 0 Å². The molecular formula is C13H22N2S. The highest BCUT2D eigenvalue weighted by atomic mass is 32.1. The molecule has 0 bridgehead atoms. The van der Waals surface area contributed by atoms with E-state index >= 15 is 0 Å². The van der Waals surface area contributed by atoms with Gasteiger partial charge in [-0.1, -0.05) is 39.9 Å². The van der Waals surface area contributed by atoms with Crippen molar-refractivity contribution in [1.29, 1.82) is 0 Å². The van der Waals surface area contributed by atoms with Crippen LogP contribution in [0.1, 0.15) is 45.6 Å². The van der Waals surface area contributed by atoms with Crippen LogP contribution in [-0.2, 0) is 12.8 Å². The van der Waals surface area contributed by atoms with Crippen molar-refractivity contribution in [3.8, 4) is 0 Å². The maximum absolute atomic E-state index is 5.19. The van der Waals surface area contributed by atoms with Crippen molar-refractivity contribution in [3.05, 3.63) is 22.2 Å². The summed E-state index contributed by atoms with van der Waals surface area (Å²) >= 11 is 5.19. The molecule has 1 heterocycles. The Balaban J connectivity index is 2.77. The van der Waals surface area contributed by atoms with Crippen LogP contribution in [0, 0.1) is 16.5 Å². The highest BCUT2D eigenvalue weighted by Gasteiger charge is 2.03. The Bertz CT molecular complexity index is 380. The van der Waals surface area contributed by atoms with Gasteiger partial charge in [0.05, 0.1) is 0 Å². The Labute approximate surface area is 104 Å². The average Bonchev–Trinajstić information content (AvgIpc) is 2.12. The van der Waals surface area contributed by atoms with Crippen LogP contribution in [0.2, 0.25) is 0 Å². The van der Waals surface area contributed by atoms with Crippen LogP contribution in [0.25, 0.3) is 0 Å². The zero-order valence-electron chi connectivity index (χ0n) is 10.7. The molecule has 0 aliphatic heterocycles. The Morgan fingerprint density at radius 2 is 1.94 bits per heavy atom. The van der Waals surface area contributed by atoms with Gasteiger partial charge in [0.1, 0.15) is 10.5 Å². The molecule has 0 aliphatic carbocycles. The number of aromatic amines is 1. The Kier molecular flexibility index (Phi) is 5.13. The Hall–Kier alpha value is -0.700. The molecule has 1 aromatic rings. The minimum atomic E-state index is 0.644. The molecule has 0 unspecified atom stereocenters. The van der Waals surface area contributed by atoms with Crippen LogP contribution in [0.5, 0.6) is 0 Å². The lowest BCUT2D eigenvalue weighted by Crippen LogP contribution is -2.04. The van der Waals surface area contributed by atoms with Crippen molar-refractivity contribution in [2.24, 2.45) is 11.8 Å². The van der Waals surface area contributed by atoms with E-state index in [1.54, 1.807) is 0 Å². The van der Waals surface area contributed by atoms with Gasteiger partial charge in [0.2, 0.25) is 0 Å². The molecule has 0 saturated carbocycles. The third-order valence-electron chi connectivity index (χ3n) is 2.43. The maximum atomic E-state index is 5.19. The first-order valence-corrected chi connectivity index (χ1v) is 6.47. The molecule has 90 valence electrons. The van der Waals surface area contributed by atoms with E-state index in [1.807, 2.05) is 6.07 Å². The summed E-state index contributed by atoms with van der Waals surface area (Å²) in [5.74, 6) is 2.39. The number of hydrogen-bond acceptors (Lipinski definition) is 2. The molecule has 0 spiro atoms. The molecule has 3 heteroatoms. The van der Waals surface area contributed by atoms with E-state index in [0.717, 1.165) is 25.1 Å². The molecule has 1 aromatic heterocycles. The number of nitrogens with zero attached hydrogens (tertiary/aromatic N) is 1. The third-order valence-corrected chi connectivity index (χ3v) is 2.64. The van der Waals surface area contributed by atoms with Gasteiger partial charge in [0.25, 0.3) is 0 Å². The second-order valence-electron chi connectivity index (χ2n) is 5.22. The molecule has 0 amide bonds. The predicted molar refractivity (Wildman–Crippen MR) is 71.1 cm³/mol. The molecular weight excluding hydrogens is 216 g/mol. The summed E-state index contributed by atoms with van der Waals surface area (Å²) in [6, 6.07) is 1.98. The van der Waals surface area contributed by atoms with Gasteiger partial charge >= 0.3 is 0 Å². The zero-order chi connectivity index (χ0) is 12.1. The van der Waals surface area contributed by atoms with Gasteiger partial charge in [-0.05, 0) is 30.7 Å². The SMILES string of the molecule is CC(C)CCc1nc(=S)cc(CC(C)C)[nH]1. The van der Waals surface area contributed by atoms with Gasteiger partial charge in [-0.15, -0.1) is 0 Å². The average molecular weight is 238 g/mol. The zero-order valence-corrected chi connectivity index (χ0v) is 11.5. The first-order valence-electron chi connectivity index (χ1n) is 6.06. The summed E-state index contributed by atoms with van der Waals surface area (Å²) in [6.07, 6.45) is 3.19. The topological polar surface area (TPSA) is 28.7 Å². The number of hydrogen-bond donors (Lipinski definition) is 1. The monoisotopic (exact) mass is 238 g/mol. The fourth-order valence-corrected chi connectivity index (χ4v) is 1.91. The van der Waals surface area contributed by atoms with Gasteiger partial charge in [-0.25, -0.2) is 4.98 Å². The quantitative estimate of drug-likeness (QED) is 0.787. The summed E-state index contributed by atoms with van der Waals surface area (Å²) < 4.78 is 0.716. The van der Waals surface area contributed by atoms with Crippen molar-refractivity contribution in [2.45, 2.75) is 47.0 Å². The van der Waals surface area contributed by atoms with Crippen molar-refractivity contribution < 1.29 is 0 Å². The molecule has 0 aliphatic rings. The number of H-pyrrole nitrogens is 1. The molecule has 2 nitrogen and oxygen atoms in total. The van der Waals surface area contributed by atoms with E-state index in [2.05, 4.69) is 37.7 Å². The summed E-state index contributed by atoms with van der Waals surface area (Å²) in [6.45, 7) is 8.88. The van der Waals surface area contributed by atoms with Gasteiger partial charge < -0.3 is 4.98 Å². The lowest BCUT2D eigenvalue weighted by Gasteiger charge is -2.09. The van der Waals surface area contributed by atoms with Gasteiger partial charge in [0.15, 0.2) is 0 Å². The first-order chi connectivity index (χ1) is 7.47. The maximum Gasteiger partial charge on any atom is 0.129 e. The van der Waals surface area contributed by atoms with E-state index in [1.165, 1.54) is 5.69 Å². The molecule has 16 heavy (non-hydrogen) atoms. The van der Waals surface area contributed by atoms with E-state index in [9.17, 15) is 0 Å². The summed E-state index contributed by atoms with van der Waals surface area (Å²) in [7, 11) is 0. The van der Waals surface area contributed by atoms with Crippen LogP contribution in [0.4, 0.5) is 0 Å². The number of aromatic nitrogens is 2. The molecule has 0 radical (unpaired) electrons. The van der Waals surface area contributed by atoms with Crippen LogP contribution in [0.15, 0.2) is 6.07 Å². The summed E-state index contributed by atoms with van der Waals surface area (Å²) in [4.78, 5) is 7.77. The van der Waals surface area contributed by atoms with E-state index in [4.69, 9.17) is 12.2 Å². The largest absolute Gasteiger partial charge is 0.347 e. The molecule has 1 rings (SSSR count). The van der Waals surface area contributed by atoms with Gasteiger partial charge in [-0.3, -0.25) is 0 Å². The van der Waals surface area contributed by atoms with E-state index in [-0.39, 0.29) is 0 Å². The minimum absolute atomic E-state index is 0.644. The van der Waals surface area contributed by atoms with Crippen LogP contribution >= 0.6 is 12.2 Å². The molecule has 0 atom stereocenters. The van der Waals surface area contributed by atoms with Crippen LogP contribution < -0.4 is 0 Å². The lowest BCUT2D eigenvalue weighted by molar-refractivity contribution is 0.569. The van der Waals surface area contributed by atoms with Crippen molar-refractivity contribution in [3.63, 3.8) is 0 Å². The molecule has 0 fully saturated rings. The normalized spacial score (nSPS) is 11.4. The molecule has 1 N–H and O–H groups in total. The van der Waals surface area contributed by atoms with E-state index in [0.29, 0.717) is 16.5 Å². The predicted octanol–water partition coefficient (Wildman–Crippen LogP) is 3.93. The lowest BCUT2D eigenvalue weighted by atomic mass is 10.1. The van der Waals surface area contributed by atoms with Gasteiger partial charge in [0, 0.05) is 12.1 Å². The fourth-order valence-electron chi connectivity index (χ4n) is 1.66. The Morgan fingerprint density at radius 1 is 1.25 bits per heavy atom. The van der Waals surface area contributed by atoms with E-state index < -0.39 is 0 Å². The van der Waals surface area contributed by atoms with Crippen molar-refractivity contribution in [1.82, 2.24) is 9.97 Å². The van der Waals surface area contributed by atoms with Crippen molar-refractivity contribution in [2.75, 3.05) is 0 Å². The summed E-state index contributed by atoms with van der Waals surface area (Å²) in [5.41, 5.74) is 1.22. The third kappa shape index (κ3) is 4.88. The second kappa shape index (κ2) is 6.14. The van der Waals surface area contributed by atoms with Crippen LogP contribution in [0.3, 0.4) is 0 Å². The Morgan fingerprint density at radius 3 is 2.50 bits per heavy atom. The minimum Gasteiger partial charge on any atom is -0.347 e. The number of aryl methyl sites for hydroxylation is 1. The first kappa shape index (κ1) is 13.4. The fraction of sp³-hybridized carbons (Fsp3) is 0.692. The standard InChI is InChI=1S/C13H22N2S/c1-9(2)5-6-12-14-11(7-10(3)4)8-13(16)15-12/h8-10H,5-7H2,1-4H3,(H,14,15,16). The molecule has 0 saturated heterocycles. The number of rotatable bonds is 5. The summed E-state index contributed by atoms with van der Waals surface area (Å²) in [5, 5.41) is 0. The van der Waals surface area contributed by atoms with Crippen LogP contribution in [-0.4, -0.2) is 9.97 Å². The second-order valence-corrected chi connectivity index (χ2v) is 5.64. The van der Waals surface area contributed by atoms with Crippen molar-refractivity contribution >= 4 is 12.2 Å².